The molecule has 1 aromatic heterocycles. The smallest absolute Gasteiger partial charge is 0.221 e. The first-order valence-corrected chi connectivity index (χ1v) is 9.96. The third-order valence-corrected chi connectivity index (χ3v) is 5.34. The van der Waals surface area contributed by atoms with Gasteiger partial charge in [0, 0.05) is 24.1 Å². The second-order valence-electron chi connectivity index (χ2n) is 6.52. The van der Waals surface area contributed by atoms with E-state index in [0.29, 0.717) is 32.8 Å². The second kappa shape index (κ2) is 9.25. The third kappa shape index (κ3) is 4.67. The van der Waals surface area contributed by atoms with Crippen molar-refractivity contribution in [3.8, 4) is 28.8 Å². The fourth-order valence-electron chi connectivity index (χ4n) is 2.82. The summed E-state index contributed by atoms with van der Waals surface area (Å²) in [6, 6.07) is 15.4. The van der Waals surface area contributed by atoms with Crippen molar-refractivity contribution in [2.24, 2.45) is 0 Å². The van der Waals surface area contributed by atoms with Gasteiger partial charge in [-0.2, -0.15) is 5.26 Å². The molecule has 0 bridgehead atoms. The Balaban J connectivity index is 2.09. The molecule has 2 aromatic carbocycles. The minimum Gasteiger partial charge on any atom is -0.497 e. The maximum Gasteiger partial charge on any atom is 0.221 e. The Morgan fingerprint density at radius 1 is 1.17 bits per heavy atom. The molecule has 0 aliphatic rings. The summed E-state index contributed by atoms with van der Waals surface area (Å²) >= 11 is 1.26. The Hall–Kier alpha value is -3.63. The molecule has 1 N–H and O–H groups in total. The zero-order valence-electron chi connectivity index (χ0n) is 17.1. The van der Waals surface area contributed by atoms with Crippen molar-refractivity contribution < 1.29 is 14.3 Å². The number of carbonyl (C=O) groups excluding carboxylic acids is 1. The number of ether oxygens (including phenoxy) is 2. The molecule has 1 heterocycles. The molecule has 3 aromatic rings. The van der Waals surface area contributed by atoms with Crippen LogP contribution in [0, 0.1) is 18.3 Å². The van der Waals surface area contributed by atoms with Gasteiger partial charge < -0.3 is 14.8 Å². The Kier molecular flexibility index (Phi) is 6.50. The Morgan fingerprint density at radius 2 is 1.90 bits per heavy atom. The number of amides is 1. The number of allylic oxidation sites excluding steroid dienone is 1. The largest absolute Gasteiger partial charge is 0.497 e. The van der Waals surface area contributed by atoms with Gasteiger partial charge in [0.15, 0.2) is 0 Å². The van der Waals surface area contributed by atoms with Crippen LogP contribution in [0.15, 0.2) is 42.5 Å². The molecule has 0 spiro atoms. The molecule has 0 unspecified atom stereocenters. The van der Waals surface area contributed by atoms with Crippen LogP contribution in [0.4, 0.5) is 5.00 Å². The van der Waals surface area contributed by atoms with Gasteiger partial charge in [-0.3, -0.25) is 4.79 Å². The van der Waals surface area contributed by atoms with Crippen LogP contribution < -0.4 is 14.8 Å². The van der Waals surface area contributed by atoms with E-state index in [1.54, 1.807) is 32.4 Å². The summed E-state index contributed by atoms with van der Waals surface area (Å²) in [7, 11) is 3.14. The molecule has 7 heteroatoms. The number of nitriles is 1. The van der Waals surface area contributed by atoms with Crippen LogP contribution in [0.3, 0.4) is 0 Å². The highest BCUT2D eigenvalue weighted by Gasteiger charge is 2.17. The molecule has 0 atom stereocenters. The van der Waals surface area contributed by atoms with Crippen LogP contribution >= 0.6 is 11.3 Å². The van der Waals surface area contributed by atoms with Gasteiger partial charge in [0.05, 0.1) is 19.8 Å². The summed E-state index contributed by atoms with van der Waals surface area (Å²) in [5.74, 6) is 1.05. The number of nitrogens with zero attached hydrogens (tertiary/aromatic N) is 2. The zero-order chi connectivity index (χ0) is 21.7. The van der Waals surface area contributed by atoms with E-state index in [9.17, 15) is 10.1 Å². The molecule has 30 heavy (non-hydrogen) atoms. The van der Waals surface area contributed by atoms with E-state index in [-0.39, 0.29) is 5.91 Å². The van der Waals surface area contributed by atoms with Gasteiger partial charge in [0.1, 0.15) is 33.3 Å². The van der Waals surface area contributed by atoms with E-state index < -0.39 is 0 Å². The van der Waals surface area contributed by atoms with E-state index in [1.165, 1.54) is 18.3 Å². The first-order chi connectivity index (χ1) is 14.4. The average molecular weight is 420 g/mol. The van der Waals surface area contributed by atoms with E-state index in [4.69, 9.17) is 9.47 Å². The van der Waals surface area contributed by atoms with Crippen LogP contribution in [0.1, 0.15) is 23.1 Å². The van der Waals surface area contributed by atoms with Crippen molar-refractivity contribution >= 4 is 33.9 Å². The van der Waals surface area contributed by atoms with Gasteiger partial charge in [-0.15, -0.1) is 0 Å². The summed E-state index contributed by atoms with van der Waals surface area (Å²) in [4.78, 5) is 16.4. The lowest BCUT2D eigenvalue weighted by Gasteiger charge is -2.07. The lowest BCUT2D eigenvalue weighted by Crippen LogP contribution is -2.05. The van der Waals surface area contributed by atoms with Crippen LogP contribution in [-0.4, -0.2) is 25.1 Å². The van der Waals surface area contributed by atoms with E-state index in [1.807, 2.05) is 37.3 Å². The molecule has 0 fully saturated rings. The van der Waals surface area contributed by atoms with E-state index >= 15 is 0 Å². The molecule has 0 radical (unpaired) electrons. The van der Waals surface area contributed by atoms with E-state index in [2.05, 4.69) is 16.4 Å². The predicted molar refractivity (Wildman–Crippen MR) is 120 cm³/mol. The van der Waals surface area contributed by atoms with Gasteiger partial charge in [0.25, 0.3) is 0 Å². The summed E-state index contributed by atoms with van der Waals surface area (Å²) in [6.07, 6.45) is 1.72. The highest BCUT2D eigenvalue weighted by Crippen LogP contribution is 2.37. The van der Waals surface area contributed by atoms with Gasteiger partial charge >= 0.3 is 0 Å². The number of rotatable bonds is 6. The highest BCUT2D eigenvalue weighted by molar-refractivity contribution is 7.17. The topological polar surface area (TPSA) is 84.2 Å². The van der Waals surface area contributed by atoms with Crippen molar-refractivity contribution in [1.29, 1.82) is 5.26 Å². The molecular weight excluding hydrogens is 398 g/mol. The molecule has 152 valence electrons. The van der Waals surface area contributed by atoms with Crippen LogP contribution in [0.25, 0.3) is 22.9 Å². The predicted octanol–water partition coefficient (Wildman–Crippen LogP) is 5.16. The van der Waals surface area contributed by atoms with Gasteiger partial charge in [-0.05, 0) is 25.1 Å². The van der Waals surface area contributed by atoms with Gasteiger partial charge in [0.2, 0.25) is 5.91 Å². The third-order valence-electron chi connectivity index (χ3n) is 4.33. The quantitative estimate of drug-likeness (QED) is 0.558. The standard InChI is InChI=1S/C23H21N3O3S/c1-14-5-7-16(8-6-14)21-23(25-15(2)27)30-22(26-21)18(13-24)11-17-9-10-19(28-3)12-20(17)29-4/h5-12H,1-4H3,(H,25,27)/b18-11+. The normalized spacial score (nSPS) is 11.0. The lowest BCUT2D eigenvalue weighted by atomic mass is 10.1. The van der Waals surface area contributed by atoms with Crippen molar-refractivity contribution in [1.82, 2.24) is 4.98 Å². The molecule has 1 amide bonds. The maximum atomic E-state index is 11.7. The number of benzene rings is 2. The summed E-state index contributed by atoms with van der Waals surface area (Å²) in [5.41, 5.74) is 3.72. The molecule has 0 aliphatic carbocycles. The number of carbonyl (C=O) groups is 1. The molecule has 0 aliphatic heterocycles. The first kappa shape index (κ1) is 21.1. The number of nitrogens with one attached hydrogen (secondary N) is 1. The molecule has 3 rings (SSSR count). The number of hydrogen-bond donors (Lipinski definition) is 1. The van der Waals surface area contributed by atoms with Gasteiger partial charge in [-0.25, -0.2) is 4.98 Å². The first-order valence-electron chi connectivity index (χ1n) is 9.14. The molecular formula is C23H21N3O3S. The zero-order valence-corrected chi connectivity index (χ0v) is 18.0. The average Bonchev–Trinajstić information content (AvgIpc) is 3.15. The van der Waals surface area contributed by atoms with Crippen molar-refractivity contribution in [3.63, 3.8) is 0 Å². The summed E-state index contributed by atoms with van der Waals surface area (Å²) in [6.45, 7) is 3.45. The SMILES string of the molecule is COc1ccc(/C=C(\C#N)c2nc(-c3ccc(C)cc3)c(NC(C)=O)s2)c(OC)c1. The Morgan fingerprint density at radius 3 is 2.50 bits per heavy atom. The highest BCUT2D eigenvalue weighted by atomic mass is 32.1. The fraction of sp³-hybridized carbons (Fsp3) is 0.174. The van der Waals surface area contributed by atoms with Crippen LogP contribution in [-0.2, 0) is 4.79 Å². The number of thiazole rings is 1. The number of aryl methyl sites for hydroxylation is 1. The van der Waals surface area contributed by atoms with Crippen LogP contribution in [0.5, 0.6) is 11.5 Å². The summed E-state index contributed by atoms with van der Waals surface area (Å²) < 4.78 is 10.6. The second-order valence-corrected chi connectivity index (χ2v) is 7.52. The van der Waals surface area contributed by atoms with Crippen molar-refractivity contribution in [2.45, 2.75) is 13.8 Å². The molecule has 0 saturated heterocycles. The van der Waals surface area contributed by atoms with E-state index in [0.717, 1.165) is 16.7 Å². The Bertz CT molecular complexity index is 1140. The number of anilines is 1. The lowest BCUT2D eigenvalue weighted by molar-refractivity contribution is -0.114. The van der Waals surface area contributed by atoms with Crippen molar-refractivity contribution in [3.05, 3.63) is 58.6 Å². The number of aromatic nitrogens is 1. The minimum absolute atomic E-state index is 0.196. The van der Waals surface area contributed by atoms with Crippen molar-refractivity contribution in [2.75, 3.05) is 19.5 Å². The molecule has 6 nitrogen and oxygen atoms in total. The van der Waals surface area contributed by atoms with Gasteiger partial charge in [-0.1, -0.05) is 41.2 Å². The maximum absolute atomic E-state index is 11.7. The summed E-state index contributed by atoms with van der Waals surface area (Å²) in [5, 5.41) is 13.7. The minimum atomic E-state index is -0.196. The Labute approximate surface area is 179 Å². The molecule has 0 saturated carbocycles. The van der Waals surface area contributed by atoms with Crippen LogP contribution in [0.2, 0.25) is 0 Å². The number of hydrogen-bond acceptors (Lipinski definition) is 6. The fourth-order valence-corrected chi connectivity index (χ4v) is 3.82. The monoisotopic (exact) mass is 419 g/mol. The number of methoxy groups -OCH3 is 2.